The lowest BCUT2D eigenvalue weighted by atomic mass is 9.92. The molecular weight excluding hydrogens is 536 g/mol. The Labute approximate surface area is 193 Å². The fraction of sp³-hybridized carbons (Fsp3) is 0.381. The molecule has 0 bridgehead atoms. The Morgan fingerprint density at radius 1 is 0.967 bits per heavy atom. The van der Waals surface area contributed by atoms with E-state index in [1.165, 1.54) is 4.31 Å². The van der Waals surface area contributed by atoms with Gasteiger partial charge in [-0.1, -0.05) is 56.1 Å². The zero-order valence-electron chi connectivity index (χ0n) is 16.3. The molecule has 9 heteroatoms. The predicted molar refractivity (Wildman–Crippen MR) is 121 cm³/mol. The second-order valence-electron chi connectivity index (χ2n) is 7.82. The normalized spacial score (nSPS) is 19.3. The summed E-state index contributed by atoms with van der Waals surface area (Å²) in [5.41, 5.74) is 1.16. The van der Waals surface area contributed by atoms with Crippen molar-refractivity contribution in [2.24, 2.45) is 0 Å². The van der Waals surface area contributed by atoms with Gasteiger partial charge >= 0.3 is 6.09 Å². The molecule has 1 amide bonds. The number of rotatable bonds is 5. The Balaban J connectivity index is 1.38. The van der Waals surface area contributed by atoms with Crippen LogP contribution in [0.3, 0.4) is 0 Å². The minimum Gasteiger partial charge on any atom is -0.441 e. The van der Waals surface area contributed by atoms with Crippen LogP contribution in [-0.2, 0) is 27.1 Å². The topological polar surface area (TPSA) is 66.9 Å². The molecule has 30 heavy (non-hydrogen) atoms. The summed E-state index contributed by atoms with van der Waals surface area (Å²) < 4.78 is 34.8. The molecule has 2 heterocycles. The Morgan fingerprint density at radius 2 is 1.57 bits per heavy atom. The highest BCUT2D eigenvalue weighted by Gasteiger charge is 2.48. The van der Waals surface area contributed by atoms with Crippen molar-refractivity contribution in [2.45, 2.75) is 30.7 Å². The Bertz CT molecular complexity index is 1050. The largest absolute Gasteiger partial charge is 0.441 e. The van der Waals surface area contributed by atoms with Crippen LogP contribution < -0.4 is 0 Å². The summed E-state index contributed by atoms with van der Waals surface area (Å²) in [6, 6.07) is 15.2. The van der Waals surface area contributed by atoms with E-state index in [-0.39, 0.29) is 11.8 Å². The first-order valence-electron chi connectivity index (χ1n) is 9.69. The van der Waals surface area contributed by atoms with Gasteiger partial charge in [-0.3, -0.25) is 4.90 Å². The minimum atomic E-state index is -3.43. The number of ether oxygens (including phenoxy) is 1. The zero-order valence-corrected chi connectivity index (χ0v) is 20.2. The van der Waals surface area contributed by atoms with E-state index in [2.05, 4.69) is 31.9 Å². The van der Waals surface area contributed by atoms with Crippen molar-refractivity contribution in [3.63, 3.8) is 0 Å². The second-order valence-corrected chi connectivity index (χ2v) is 11.6. The van der Waals surface area contributed by atoms with Crippen molar-refractivity contribution in [1.82, 2.24) is 9.21 Å². The number of benzene rings is 2. The molecule has 4 rings (SSSR count). The average Bonchev–Trinajstić information content (AvgIpc) is 2.96. The van der Waals surface area contributed by atoms with Crippen molar-refractivity contribution in [3.05, 3.63) is 68.6 Å². The van der Waals surface area contributed by atoms with Gasteiger partial charge in [-0.15, -0.1) is 0 Å². The molecular formula is C21H22Br2N2O4S. The first-order chi connectivity index (χ1) is 14.2. The van der Waals surface area contributed by atoms with Gasteiger partial charge in [-0.05, 0) is 35.4 Å². The summed E-state index contributed by atoms with van der Waals surface area (Å²) in [4.78, 5) is 14.1. The van der Waals surface area contributed by atoms with Crippen molar-refractivity contribution in [1.29, 1.82) is 0 Å². The molecule has 0 aromatic heterocycles. The van der Waals surface area contributed by atoms with E-state index in [1.54, 1.807) is 4.90 Å². The SMILES string of the molecule is O=C1OC2(CCN(S(=O)(=O)Cc3cccc(Br)c3)CC2)CN1Cc1cccc(Br)c1. The standard InChI is InChI=1S/C21H22Br2N2O4S/c22-18-5-1-3-16(11-18)13-24-15-21(29-20(24)26)7-9-25(10-8-21)30(27,28)14-17-4-2-6-19(23)12-17/h1-6,11-12H,7-10,13-15H2. The van der Waals surface area contributed by atoms with E-state index in [1.807, 2.05) is 48.5 Å². The fourth-order valence-electron chi connectivity index (χ4n) is 4.03. The van der Waals surface area contributed by atoms with Crippen LogP contribution in [0.5, 0.6) is 0 Å². The third kappa shape index (κ3) is 4.90. The van der Waals surface area contributed by atoms with Gasteiger partial charge in [-0.2, -0.15) is 0 Å². The van der Waals surface area contributed by atoms with Gasteiger partial charge in [0.05, 0.1) is 12.3 Å². The molecule has 2 aromatic carbocycles. The maximum absolute atomic E-state index is 12.9. The molecule has 0 unspecified atom stereocenters. The van der Waals surface area contributed by atoms with E-state index in [0.717, 1.165) is 20.1 Å². The molecule has 2 aliphatic rings. The number of piperidine rings is 1. The highest BCUT2D eigenvalue weighted by Crippen LogP contribution is 2.35. The van der Waals surface area contributed by atoms with E-state index in [4.69, 9.17) is 4.74 Å². The summed E-state index contributed by atoms with van der Waals surface area (Å²) in [5, 5.41) is 0. The Hall–Kier alpha value is -1.42. The monoisotopic (exact) mass is 556 g/mol. The van der Waals surface area contributed by atoms with Gasteiger partial charge in [0, 0.05) is 41.4 Å². The van der Waals surface area contributed by atoms with Crippen LogP contribution in [0.25, 0.3) is 0 Å². The summed E-state index contributed by atoms with van der Waals surface area (Å²) >= 11 is 6.83. The third-order valence-corrected chi connectivity index (χ3v) is 8.41. The van der Waals surface area contributed by atoms with Crippen molar-refractivity contribution in [2.75, 3.05) is 19.6 Å². The maximum Gasteiger partial charge on any atom is 0.410 e. The van der Waals surface area contributed by atoms with Gasteiger partial charge in [0.2, 0.25) is 10.0 Å². The van der Waals surface area contributed by atoms with E-state index < -0.39 is 15.6 Å². The van der Waals surface area contributed by atoms with E-state index >= 15 is 0 Å². The van der Waals surface area contributed by atoms with Gasteiger partial charge in [0.25, 0.3) is 0 Å². The molecule has 0 saturated carbocycles. The van der Waals surface area contributed by atoms with Crippen molar-refractivity contribution in [3.8, 4) is 0 Å². The molecule has 2 saturated heterocycles. The lowest BCUT2D eigenvalue weighted by molar-refractivity contribution is 0.0172. The summed E-state index contributed by atoms with van der Waals surface area (Å²) in [5.74, 6) is -0.0335. The smallest absolute Gasteiger partial charge is 0.410 e. The van der Waals surface area contributed by atoms with Gasteiger partial charge < -0.3 is 4.74 Å². The van der Waals surface area contributed by atoms with Crippen LogP contribution in [0.2, 0.25) is 0 Å². The van der Waals surface area contributed by atoms with Crippen LogP contribution >= 0.6 is 31.9 Å². The number of hydrogen-bond donors (Lipinski definition) is 0. The fourth-order valence-corrected chi connectivity index (χ4v) is 6.45. The molecule has 0 atom stereocenters. The van der Waals surface area contributed by atoms with Crippen LogP contribution in [-0.4, -0.2) is 49.0 Å². The molecule has 0 radical (unpaired) electrons. The number of carbonyl (C=O) groups excluding carboxylic acids is 1. The number of hydrogen-bond acceptors (Lipinski definition) is 4. The Morgan fingerprint density at radius 3 is 2.20 bits per heavy atom. The van der Waals surface area contributed by atoms with Crippen LogP contribution in [0.1, 0.15) is 24.0 Å². The number of nitrogens with zero attached hydrogens (tertiary/aromatic N) is 2. The predicted octanol–water partition coefficient (Wildman–Crippen LogP) is 4.53. The molecule has 160 valence electrons. The number of amides is 1. The minimum absolute atomic E-state index is 0.0335. The zero-order chi connectivity index (χ0) is 21.4. The highest BCUT2D eigenvalue weighted by molar-refractivity contribution is 9.10. The van der Waals surface area contributed by atoms with Gasteiger partial charge in [-0.25, -0.2) is 17.5 Å². The molecule has 6 nitrogen and oxygen atoms in total. The second kappa shape index (κ2) is 8.61. The lowest BCUT2D eigenvalue weighted by Gasteiger charge is -2.36. The van der Waals surface area contributed by atoms with Gasteiger partial charge in [0.1, 0.15) is 5.60 Å². The molecule has 0 aliphatic carbocycles. The lowest BCUT2D eigenvalue weighted by Crippen LogP contribution is -2.48. The van der Waals surface area contributed by atoms with Crippen LogP contribution in [0, 0.1) is 0 Å². The van der Waals surface area contributed by atoms with Crippen LogP contribution in [0.15, 0.2) is 57.5 Å². The molecule has 2 aromatic rings. The number of carbonyl (C=O) groups is 1. The quantitative estimate of drug-likeness (QED) is 0.542. The summed E-state index contributed by atoms with van der Waals surface area (Å²) in [6.45, 7) is 1.67. The van der Waals surface area contributed by atoms with E-state index in [9.17, 15) is 13.2 Å². The van der Waals surface area contributed by atoms with Crippen molar-refractivity contribution < 1.29 is 17.9 Å². The third-order valence-electron chi connectivity index (χ3n) is 5.57. The number of sulfonamides is 1. The highest BCUT2D eigenvalue weighted by atomic mass is 79.9. The first kappa shape index (κ1) is 21.8. The van der Waals surface area contributed by atoms with Gasteiger partial charge in [0.15, 0.2) is 0 Å². The molecule has 2 fully saturated rings. The maximum atomic E-state index is 12.9. The van der Waals surface area contributed by atoms with Crippen LogP contribution in [0.4, 0.5) is 4.79 Å². The molecule has 0 N–H and O–H groups in total. The van der Waals surface area contributed by atoms with Crippen molar-refractivity contribution >= 4 is 48.0 Å². The number of halogens is 2. The molecule has 1 spiro atoms. The summed E-state index contributed by atoms with van der Waals surface area (Å²) in [7, 11) is -3.43. The van der Waals surface area contributed by atoms with E-state index in [0.29, 0.717) is 39.0 Å². The molecule has 2 aliphatic heterocycles. The first-order valence-corrected chi connectivity index (χ1v) is 12.9. The Kier molecular flexibility index (Phi) is 6.25. The average molecular weight is 558 g/mol. The summed E-state index contributed by atoms with van der Waals surface area (Å²) in [6.07, 6.45) is 0.678.